The molecule has 0 aliphatic rings. The monoisotopic (exact) mass is 353 g/mol. The van der Waals surface area contributed by atoms with Crippen molar-refractivity contribution < 1.29 is 19.1 Å². The predicted molar refractivity (Wildman–Crippen MR) is 100 cm³/mol. The quantitative estimate of drug-likeness (QED) is 0.576. The maximum Gasteiger partial charge on any atom is 0.306 e. The molecule has 2 rings (SSSR count). The number of carbonyl (C=O) groups is 3. The highest BCUT2D eigenvalue weighted by molar-refractivity contribution is 5.98. The van der Waals surface area contributed by atoms with E-state index in [1.54, 1.807) is 31.2 Å². The first-order valence-electron chi connectivity index (χ1n) is 8.63. The number of rotatable bonds is 8. The van der Waals surface area contributed by atoms with Crippen molar-refractivity contribution >= 4 is 23.3 Å². The van der Waals surface area contributed by atoms with Crippen LogP contribution in [0, 0.1) is 0 Å². The minimum atomic E-state index is -0.401. The number of hydrogen-bond donors (Lipinski definition) is 1. The second-order valence-electron chi connectivity index (χ2n) is 6.08. The van der Waals surface area contributed by atoms with Gasteiger partial charge in [0.15, 0.2) is 12.4 Å². The van der Waals surface area contributed by atoms with E-state index in [-0.39, 0.29) is 30.6 Å². The topological polar surface area (TPSA) is 72.5 Å². The summed E-state index contributed by atoms with van der Waals surface area (Å²) >= 11 is 0. The number of Topliss-reactive ketones (excluding diaryl/α,β-unsaturated/α-hetero) is 1. The third-order valence-corrected chi connectivity index (χ3v) is 4.02. The number of carbonyl (C=O) groups excluding carboxylic acids is 3. The van der Waals surface area contributed by atoms with Gasteiger partial charge in [-0.05, 0) is 35.7 Å². The Bertz CT molecular complexity index is 753. The SMILES string of the molecule is CCC(=O)Nc1ccc(C(=O)COC(=O)C[C@H](C)c2ccccc2)cc1. The smallest absolute Gasteiger partial charge is 0.306 e. The Balaban J connectivity index is 1.82. The summed E-state index contributed by atoms with van der Waals surface area (Å²) in [5.41, 5.74) is 2.12. The molecule has 0 aliphatic heterocycles. The van der Waals surface area contributed by atoms with Gasteiger partial charge in [-0.2, -0.15) is 0 Å². The van der Waals surface area contributed by atoms with Crippen LogP contribution in [-0.2, 0) is 14.3 Å². The van der Waals surface area contributed by atoms with Crippen LogP contribution in [0.5, 0.6) is 0 Å². The third-order valence-electron chi connectivity index (χ3n) is 4.02. The van der Waals surface area contributed by atoms with Gasteiger partial charge in [0.25, 0.3) is 0 Å². The molecule has 0 spiro atoms. The summed E-state index contributed by atoms with van der Waals surface area (Å²) in [4.78, 5) is 35.4. The standard InChI is InChI=1S/C21H23NO4/c1-3-20(24)22-18-11-9-17(10-12-18)19(23)14-26-21(25)13-15(2)16-7-5-4-6-8-16/h4-12,15H,3,13-14H2,1-2H3,(H,22,24)/t15-/m0/s1. The zero-order valence-corrected chi connectivity index (χ0v) is 15.0. The molecule has 0 saturated carbocycles. The van der Waals surface area contributed by atoms with Crippen molar-refractivity contribution in [3.05, 3.63) is 65.7 Å². The highest BCUT2D eigenvalue weighted by atomic mass is 16.5. The number of nitrogens with one attached hydrogen (secondary N) is 1. The summed E-state index contributed by atoms with van der Waals surface area (Å²) in [6.45, 7) is 3.42. The lowest BCUT2D eigenvalue weighted by Crippen LogP contribution is -2.16. The van der Waals surface area contributed by atoms with Crippen LogP contribution in [0.2, 0.25) is 0 Å². The van der Waals surface area contributed by atoms with E-state index < -0.39 is 5.97 Å². The van der Waals surface area contributed by atoms with Crippen LogP contribution in [0.4, 0.5) is 5.69 Å². The van der Waals surface area contributed by atoms with Crippen molar-refractivity contribution in [1.82, 2.24) is 0 Å². The zero-order chi connectivity index (χ0) is 18.9. The van der Waals surface area contributed by atoms with Crippen molar-refractivity contribution in [3.8, 4) is 0 Å². The molecule has 0 bridgehead atoms. The summed E-state index contributed by atoms with van der Waals surface area (Å²) < 4.78 is 5.10. The van der Waals surface area contributed by atoms with Gasteiger partial charge < -0.3 is 10.1 Å². The van der Waals surface area contributed by atoms with Gasteiger partial charge in [-0.15, -0.1) is 0 Å². The van der Waals surface area contributed by atoms with E-state index in [1.165, 1.54) is 0 Å². The normalized spacial score (nSPS) is 11.5. The largest absolute Gasteiger partial charge is 0.457 e. The number of esters is 1. The zero-order valence-electron chi connectivity index (χ0n) is 15.0. The van der Waals surface area contributed by atoms with Gasteiger partial charge in [0.2, 0.25) is 5.91 Å². The molecule has 5 nitrogen and oxygen atoms in total. The van der Waals surface area contributed by atoms with Crippen molar-refractivity contribution in [2.45, 2.75) is 32.6 Å². The highest BCUT2D eigenvalue weighted by Crippen LogP contribution is 2.19. The lowest BCUT2D eigenvalue weighted by atomic mass is 9.98. The maximum absolute atomic E-state index is 12.1. The lowest BCUT2D eigenvalue weighted by Gasteiger charge is -2.11. The second-order valence-corrected chi connectivity index (χ2v) is 6.08. The summed E-state index contributed by atoms with van der Waals surface area (Å²) in [7, 11) is 0. The van der Waals surface area contributed by atoms with Crippen LogP contribution in [0.1, 0.15) is 48.5 Å². The minimum absolute atomic E-state index is 0.0280. The molecule has 5 heteroatoms. The van der Waals surface area contributed by atoms with Crippen molar-refractivity contribution in [3.63, 3.8) is 0 Å². The second kappa shape index (κ2) is 9.51. The molecule has 1 amide bonds. The van der Waals surface area contributed by atoms with Crippen LogP contribution < -0.4 is 5.32 Å². The summed E-state index contributed by atoms with van der Waals surface area (Å²) in [5, 5.41) is 2.71. The lowest BCUT2D eigenvalue weighted by molar-refractivity contribution is -0.142. The molecule has 0 saturated heterocycles. The summed E-state index contributed by atoms with van der Waals surface area (Å²) in [6, 6.07) is 16.2. The first-order valence-corrected chi connectivity index (χ1v) is 8.63. The molecule has 1 N–H and O–H groups in total. The van der Waals surface area contributed by atoms with Crippen LogP contribution in [0.3, 0.4) is 0 Å². The number of anilines is 1. The fourth-order valence-electron chi connectivity index (χ4n) is 2.43. The molecular weight excluding hydrogens is 330 g/mol. The molecule has 2 aromatic rings. The molecule has 0 radical (unpaired) electrons. The van der Waals surface area contributed by atoms with Crippen LogP contribution in [-0.4, -0.2) is 24.3 Å². The molecule has 0 fully saturated rings. The Labute approximate surface area is 153 Å². The average Bonchev–Trinajstić information content (AvgIpc) is 2.67. The van der Waals surface area contributed by atoms with Gasteiger partial charge in [-0.3, -0.25) is 14.4 Å². The van der Waals surface area contributed by atoms with E-state index >= 15 is 0 Å². The van der Waals surface area contributed by atoms with Gasteiger partial charge in [-0.25, -0.2) is 0 Å². The molecular formula is C21H23NO4. The molecule has 1 atom stereocenters. The third kappa shape index (κ3) is 5.84. The minimum Gasteiger partial charge on any atom is -0.457 e. The van der Waals surface area contributed by atoms with E-state index in [0.717, 1.165) is 5.56 Å². The molecule has 0 aromatic heterocycles. The molecule has 136 valence electrons. The summed E-state index contributed by atoms with van der Waals surface area (Å²) in [5.74, 6) is -0.744. The average molecular weight is 353 g/mol. The van der Waals surface area contributed by atoms with E-state index in [4.69, 9.17) is 4.74 Å². The summed E-state index contributed by atoms with van der Waals surface area (Å²) in [6.07, 6.45) is 0.608. The van der Waals surface area contributed by atoms with E-state index in [1.807, 2.05) is 37.3 Å². The van der Waals surface area contributed by atoms with Crippen molar-refractivity contribution in [1.29, 1.82) is 0 Å². The van der Waals surface area contributed by atoms with Crippen LogP contribution in [0.25, 0.3) is 0 Å². The Hall–Kier alpha value is -2.95. The first-order chi connectivity index (χ1) is 12.5. The van der Waals surface area contributed by atoms with Gasteiger partial charge >= 0.3 is 5.97 Å². The van der Waals surface area contributed by atoms with E-state index in [2.05, 4.69) is 5.32 Å². The predicted octanol–water partition coefficient (Wildman–Crippen LogP) is 3.95. The van der Waals surface area contributed by atoms with E-state index in [0.29, 0.717) is 17.7 Å². The molecule has 0 aliphatic carbocycles. The van der Waals surface area contributed by atoms with Gasteiger partial charge in [0.1, 0.15) is 0 Å². The fourth-order valence-corrected chi connectivity index (χ4v) is 2.43. The van der Waals surface area contributed by atoms with E-state index in [9.17, 15) is 14.4 Å². The number of ether oxygens (including phenoxy) is 1. The van der Waals surface area contributed by atoms with Gasteiger partial charge in [0, 0.05) is 17.7 Å². The van der Waals surface area contributed by atoms with Crippen LogP contribution >= 0.6 is 0 Å². The fraction of sp³-hybridized carbons (Fsp3) is 0.286. The van der Waals surface area contributed by atoms with Crippen molar-refractivity contribution in [2.75, 3.05) is 11.9 Å². The van der Waals surface area contributed by atoms with Gasteiger partial charge in [-0.1, -0.05) is 44.2 Å². The van der Waals surface area contributed by atoms with Crippen LogP contribution in [0.15, 0.2) is 54.6 Å². The molecule has 0 heterocycles. The Morgan fingerprint density at radius 3 is 2.27 bits per heavy atom. The number of ketones is 1. The van der Waals surface area contributed by atoms with Crippen molar-refractivity contribution in [2.24, 2.45) is 0 Å². The maximum atomic E-state index is 12.1. The number of amides is 1. The Morgan fingerprint density at radius 1 is 1.00 bits per heavy atom. The Kier molecular flexibility index (Phi) is 7.09. The molecule has 2 aromatic carbocycles. The number of hydrogen-bond acceptors (Lipinski definition) is 4. The first kappa shape index (κ1) is 19.4. The molecule has 26 heavy (non-hydrogen) atoms. The van der Waals surface area contributed by atoms with Gasteiger partial charge in [0.05, 0.1) is 6.42 Å². The highest BCUT2D eigenvalue weighted by Gasteiger charge is 2.14. The number of benzene rings is 2. The Morgan fingerprint density at radius 2 is 1.65 bits per heavy atom. The molecule has 0 unspecified atom stereocenters.